The molecule has 0 spiro atoms. The summed E-state index contributed by atoms with van der Waals surface area (Å²) in [5.74, 6) is -0.405. The van der Waals surface area contributed by atoms with Gasteiger partial charge in [0.2, 0.25) is 5.43 Å². The maximum absolute atomic E-state index is 13.0. The summed E-state index contributed by atoms with van der Waals surface area (Å²) < 4.78 is 7.50. The Kier molecular flexibility index (Phi) is 6.84. The number of nitrogens with one attached hydrogen (secondary N) is 1. The molecule has 7 heteroatoms. The molecule has 3 heterocycles. The summed E-state index contributed by atoms with van der Waals surface area (Å²) in [5, 5.41) is 3.20. The zero-order valence-corrected chi connectivity index (χ0v) is 19.8. The van der Waals surface area contributed by atoms with E-state index in [9.17, 15) is 9.59 Å². The minimum atomic E-state index is -0.405. The molecule has 4 aromatic rings. The second-order valence-corrected chi connectivity index (χ2v) is 8.40. The highest BCUT2D eigenvalue weighted by Gasteiger charge is 2.18. The van der Waals surface area contributed by atoms with Gasteiger partial charge >= 0.3 is 0 Å². The number of aromatic nitrogens is 3. The zero-order chi connectivity index (χ0) is 24.2. The minimum absolute atomic E-state index is 0.0604. The number of rotatable bonds is 7. The number of carbonyl (C=O) groups excluding carboxylic acids is 1. The van der Waals surface area contributed by atoms with Crippen LogP contribution in [0.15, 0.2) is 72.0 Å². The van der Waals surface area contributed by atoms with E-state index < -0.39 is 5.91 Å². The highest BCUT2D eigenvalue weighted by atomic mass is 16.5. The van der Waals surface area contributed by atoms with Crippen molar-refractivity contribution in [2.45, 2.75) is 39.8 Å². The van der Waals surface area contributed by atoms with Crippen LogP contribution >= 0.6 is 0 Å². The van der Waals surface area contributed by atoms with E-state index in [4.69, 9.17) is 4.74 Å². The van der Waals surface area contributed by atoms with E-state index >= 15 is 0 Å². The van der Waals surface area contributed by atoms with E-state index in [1.807, 2.05) is 64.4 Å². The van der Waals surface area contributed by atoms with Gasteiger partial charge in [-0.15, -0.1) is 0 Å². The summed E-state index contributed by atoms with van der Waals surface area (Å²) in [6.45, 7) is 8.31. The van der Waals surface area contributed by atoms with Gasteiger partial charge in [0.15, 0.2) is 0 Å². The lowest BCUT2D eigenvalue weighted by molar-refractivity contribution is 0.0762. The van der Waals surface area contributed by atoms with E-state index in [-0.39, 0.29) is 23.1 Å². The number of nitrogens with zero attached hydrogens (tertiary/aromatic N) is 3. The first kappa shape index (κ1) is 23.3. The Morgan fingerprint density at radius 1 is 1.09 bits per heavy atom. The molecule has 0 aliphatic rings. The third-order valence-corrected chi connectivity index (χ3v) is 5.53. The molecular formula is C27H28N4O3. The standard InChI is InChI=1S/C27H28N4O3/c1-5-34-18(4)20-12-21(15-28-14-20)19-8-6-9-22(13-19)31-16-24(27(33)30-17(2)3)25(32)23-10-7-11-29-26(23)31/h6-18H,5H2,1-4H3,(H,30,33). The van der Waals surface area contributed by atoms with Crippen LogP contribution in [0.5, 0.6) is 0 Å². The van der Waals surface area contributed by atoms with Crippen LogP contribution < -0.4 is 10.7 Å². The molecule has 7 nitrogen and oxygen atoms in total. The van der Waals surface area contributed by atoms with Crippen molar-refractivity contribution in [2.75, 3.05) is 6.61 Å². The van der Waals surface area contributed by atoms with Crippen LogP contribution in [-0.2, 0) is 4.74 Å². The third-order valence-electron chi connectivity index (χ3n) is 5.53. The minimum Gasteiger partial charge on any atom is -0.374 e. The van der Waals surface area contributed by atoms with Crippen molar-refractivity contribution in [3.05, 3.63) is 88.6 Å². The summed E-state index contributed by atoms with van der Waals surface area (Å²) in [5.41, 5.74) is 3.90. The Morgan fingerprint density at radius 2 is 1.91 bits per heavy atom. The zero-order valence-electron chi connectivity index (χ0n) is 19.8. The van der Waals surface area contributed by atoms with Crippen molar-refractivity contribution in [3.63, 3.8) is 0 Å². The molecule has 0 bridgehead atoms. The van der Waals surface area contributed by atoms with Gasteiger partial charge in [0.25, 0.3) is 5.91 Å². The normalized spacial score (nSPS) is 12.1. The molecule has 1 aromatic carbocycles. The molecule has 34 heavy (non-hydrogen) atoms. The second-order valence-electron chi connectivity index (χ2n) is 8.40. The molecule has 0 aliphatic carbocycles. The molecule has 0 saturated carbocycles. The lowest BCUT2D eigenvalue weighted by atomic mass is 10.0. The van der Waals surface area contributed by atoms with E-state index in [1.165, 1.54) is 0 Å². The average molecular weight is 457 g/mol. The molecule has 0 radical (unpaired) electrons. The molecule has 4 rings (SSSR count). The molecule has 174 valence electrons. The van der Waals surface area contributed by atoms with Gasteiger partial charge in [0.05, 0.1) is 11.5 Å². The van der Waals surface area contributed by atoms with Gasteiger partial charge in [-0.2, -0.15) is 0 Å². The Hall–Kier alpha value is -3.84. The van der Waals surface area contributed by atoms with Crippen LogP contribution in [0.4, 0.5) is 0 Å². The monoisotopic (exact) mass is 456 g/mol. The van der Waals surface area contributed by atoms with Gasteiger partial charge in [0, 0.05) is 48.7 Å². The van der Waals surface area contributed by atoms with Gasteiger partial charge in [-0.05, 0) is 69.2 Å². The fraction of sp³-hybridized carbons (Fsp3) is 0.259. The van der Waals surface area contributed by atoms with Crippen molar-refractivity contribution in [2.24, 2.45) is 0 Å². The molecular weight excluding hydrogens is 428 g/mol. The van der Waals surface area contributed by atoms with Gasteiger partial charge in [0.1, 0.15) is 11.2 Å². The fourth-order valence-electron chi connectivity index (χ4n) is 3.88. The largest absolute Gasteiger partial charge is 0.374 e. The summed E-state index contributed by atoms with van der Waals surface area (Å²) in [4.78, 5) is 34.7. The Balaban J connectivity index is 1.84. The quantitative estimate of drug-likeness (QED) is 0.436. The first-order valence-corrected chi connectivity index (χ1v) is 11.4. The first-order valence-electron chi connectivity index (χ1n) is 11.4. The lowest BCUT2D eigenvalue weighted by Crippen LogP contribution is -2.34. The highest BCUT2D eigenvalue weighted by molar-refractivity contribution is 5.97. The SMILES string of the molecule is CCOC(C)c1cncc(-c2cccc(-n3cc(C(=O)NC(C)C)c(=O)c4cccnc43)c2)c1. The number of fused-ring (bicyclic) bond motifs is 1. The summed E-state index contributed by atoms with van der Waals surface area (Å²) in [6, 6.07) is 13.2. The molecule has 1 unspecified atom stereocenters. The Bertz CT molecular complexity index is 1390. The molecule has 1 N–H and O–H groups in total. The second kappa shape index (κ2) is 9.97. The summed E-state index contributed by atoms with van der Waals surface area (Å²) in [6.07, 6.45) is 6.77. The van der Waals surface area contributed by atoms with Crippen molar-refractivity contribution in [1.82, 2.24) is 19.9 Å². The Morgan fingerprint density at radius 3 is 2.68 bits per heavy atom. The van der Waals surface area contributed by atoms with Gasteiger partial charge in [-0.25, -0.2) is 4.98 Å². The van der Waals surface area contributed by atoms with Crippen molar-refractivity contribution in [3.8, 4) is 16.8 Å². The average Bonchev–Trinajstić information content (AvgIpc) is 2.84. The summed E-state index contributed by atoms with van der Waals surface area (Å²) in [7, 11) is 0. The number of hydrogen-bond acceptors (Lipinski definition) is 5. The lowest BCUT2D eigenvalue weighted by Gasteiger charge is -2.15. The highest BCUT2D eigenvalue weighted by Crippen LogP contribution is 2.26. The maximum Gasteiger partial charge on any atom is 0.256 e. The maximum atomic E-state index is 13.0. The topological polar surface area (TPSA) is 86.1 Å². The number of hydrogen-bond donors (Lipinski definition) is 1. The van der Waals surface area contributed by atoms with Crippen molar-refractivity contribution < 1.29 is 9.53 Å². The van der Waals surface area contributed by atoms with Gasteiger partial charge in [-0.1, -0.05) is 12.1 Å². The number of ether oxygens (including phenoxy) is 1. The van der Waals surface area contributed by atoms with Crippen molar-refractivity contribution in [1.29, 1.82) is 0 Å². The van der Waals surface area contributed by atoms with Gasteiger partial charge < -0.3 is 14.6 Å². The molecule has 1 atom stereocenters. The summed E-state index contributed by atoms with van der Waals surface area (Å²) >= 11 is 0. The molecule has 1 amide bonds. The predicted molar refractivity (Wildman–Crippen MR) is 133 cm³/mol. The molecule has 0 saturated heterocycles. The van der Waals surface area contributed by atoms with E-state index in [0.29, 0.717) is 17.6 Å². The fourth-order valence-corrected chi connectivity index (χ4v) is 3.88. The van der Waals surface area contributed by atoms with Crippen LogP contribution in [0.3, 0.4) is 0 Å². The molecule has 0 aliphatic heterocycles. The predicted octanol–water partition coefficient (Wildman–Crippen LogP) is 4.68. The van der Waals surface area contributed by atoms with Crippen LogP contribution in [0.1, 0.15) is 49.7 Å². The number of carbonyl (C=O) groups is 1. The number of pyridine rings is 3. The van der Waals surface area contributed by atoms with Crippen LogP contribution in [0, 0.1) is 0 Å². The smallest absolute Gasteiger partial charge is 0.256 e. The molecule has 3 aromatic heterocycles. The number of amides is 1. The Labute approximate surface area is 198 Å². The van der Waals surface area contributed by atoms with Crippen LogP contribution in [0.2, 0.25) is 0 Å². The van der Waals surface area contributed by atoms with Gasteiger partial charge in [-0.3, -0.25) is 14.6 Å². The van der Waals surface area contributed by atoms with Crippen LogP contribution in [-0.4, -0.2) is 33.1 Å². The third kappa shape index (κ3) is 4.75. The van der Waals surface area contributed by atoms with E-state index in [0.717, 1.165) is 22.4 Å². The van der Waals surface area contributed by atoms with E-state index in [2.05, 4.69) is 21.4 Å². The van der Waals surface area contributed by atoms with Crippen molar-refractivity contribution >= 4 is 16.9 Å². The van der Waals surface area contributed by atoms with E-state index in [1.54, 1.807) is 29.1 Å². The molecule has 0 fully saturated rings. The first-order chi connectivity index (χ1) is 16.4. The number of benzene rings is 1. The van der Waals surface area contributed by atoms with Crippen LogP contribution in [0.25, 0.3) is 27.8 Å².